The van der Waals surface area contributed by atoms with Crippen molar-refractivity contribution in [2.45, 2.75) is 67.2 Å². The molecule has 1 nitrogen and oxygen atoms in total. The monoisotopic (exact) mass is 227 g/mol. The SMILES string of the molecule is CN(CCCCC(C)(C)C)CCC(C)(C)C. The summed E-state index contributed by atoms with van der Waals surface area (Å²) in [7, 11) is 2.25. The van der Waals surface area contributed by atoms with Crippen LogP contribution in [0.5, 0.6) is 0 Å². The lowest BCUT2D eigenvalue weighted by molar-refractivity contribution is 0.254. The molecule has 0 aliphatic carbocycles. The average molecular weight is 227 g/mol. The third kappa shape index (κ3) is 12.0. The molecular weight excluding hydrogens is 194 g/mol. The fourth-order valence-corrected chi connectivity index (χ4v) is 1.68. The first-order valence-corrected chi connectivity index (χ1v) is 6.79. The fraction of sp³-hybridized carbons (Fsp3) is 1.00. The molecule has 0 atom stereocenters. The zero-order chi connectivity index (χ0) is 12.8. The molecule has 0 aliphatic rings. The summed E-state index contributed by atoms with van der Waals surface area (Å²) >= 11 is 0. The molecule has 0 heterocycles. The Balaban J connectivity index is 3.48. The lowest BCUT2D eigenvalue weighted by Gasteiger charge is -2.24. The van der Waals surface area contributed by atoms with E-state index in [4.69, 9.17) is 0 Å². The van der Waals surface area contributed by atoms with Crippen LogP contribution < -0.4 is 0 Å². The van der Waals surface area contributed by atoms with Gasteiger partial charge in [0.05, 0.1) is 0 Å². The molecule has 1 heteroatoms. The zero-order valence-corrected chi connectivity index (χ0v) is 12.7. The second-order valence-electron chi connectivity index (χ2n) is 7.63. The Morgan fingerprint density at radius 2 is 1.19 bits per heavy atom. The molecule has 0 rings (SSSR count). The lowest BCUT2D eigenvalue weighted by atomic mass is 9.90. The Bertz CT molecular complexity index is 171. The highest BCUT2D eigenvalue weighted by Gasteiger charge is 2.12. The van der Waals surface area contributed by atoms with Crippen molar-refractivity contribution in [3.63, 3.8) is 0 Å². The highest BCUT2D eigenvalue weighted by molar-refractivity contribution is 4.65. The van der Waals surface area contributed by atoms with Crippen molar-refractivity contribution in [2.75, 3.05) is 20.1 Å². The Kier molecular flexibility index (Phi) is 6.62. The molecule has 0 aliphatic heterocycles. The second kappa shape index (κ2) is 6.64. The minimum Gasteiger partial charge on any atom is -0.306 e. The van der Waals surface area contributed by atoms with Crippen LogP contribution in [0.3, 0.4) is 0 Å². The van der Waals surface area contributed by atoms with Gasteiger partial charge in [0, 0.05) is 0 Å². The summed E-state index contributed by atoms with van der Waals surface area (Å²) in [6.45, 7) is 16.4. The summed E-state index contributed by atoms with van der Waals surface area (Å²) in [5.41, 5.74) is 0.976. The number of hydrogen-bond donors (Lipinski definition) is 0. The van der Waals surface area contributed by atoms with Gasteiger partial charge in [-0.2, -0.15) is 0 Å². The number of hydrogen-bond acceptors (Lipinski definition) is 1. The fourth-order valence-electron chi connectivity index (χ4n) is 1.68. The summed E-state index contributed by atoms with van der Waals surface area (Å²) in [6.07, 6.45) is 5.35. The molecule has 0 aromatic rings. The molecule has 0 fully saturated rings. The van der Waals surface area contributed by atoms with Gasteiger partial charge in [0.2, 0.25) is 0 Å². The minimum atomic E-state index is 0.472. The van der Waals surface area contributed by atoms with Crippen LogP contribution in [0.1, 0.15) is 67.2 Å². The molecular formula is C15H33N. The Labute approximate surface area is 104 Å². The van der Waals surface area contributed by atoms with Crippen molar-refractivity contribution in [3.8, 4) is 0 Å². The molecule has 0 amide bonds. The molecule has 0 saturated heterocycles. The Morgan fingerprint density at radius 3 is 1.62 bits per heavy atom. The van der Waals surface area contributed by atoms with E-state index in [0.29, 0.717) is 10.8 Å². The molecule has 0 radical (unpaired) electrons. The lowest BCUT2D eigenvalue weighted by Crippen LogP contribution is -2.24. The van der Waals surface area contributed by atoms with Crippen molar-refractivity contribution in [1.82, 2.24) is 4.90 Å². The predicted octanol–water partition coefficient (Wildman–Crippen LogP) is 4.57. The van der Waals surface area contributed by atoms with Crippen LogP contribution in [-0.2, 0) is 0 Å². The van der Waals surface area contributed by atoms with E-state index in [0.717, 1.165) is 0 Å². The maximum Gasteiger partial charge on any atom is -0.00168 e. The van der Waals surface area contributed by atoms with Gasteiger partial charge in [-0.05, 0) is 50.2 Å². The van der Waals surface area contributed by atoms with Gasteiger partial charge in [-0.25, -0.2) is 0 Å². The molecule has 0 saturated carbocycles. The third-order valence-electron chi connectivity index (χ3n) is 2.96. The van der Waals surface area contributed by atoms with Gasteiger partial charge in [-0.15, -0.1) is 0 Å². The van der Waals surface area contributed by atoms with Crippen LogP contribution >= 0.6 is 0 Å². The largest absolute Gasteiger partial charge is 0.306 e. The maximum atomic E-state index is 2.48. The van der Waals surface area contributed by atoms with Crippen molar-refractivity contribution >= 4 is 0 Å². The summed E-state index contributed by atoms with van der Waals surface area (Å²) in [5.74, 6) is 0. The third-order valence-corrected chi connectivity index (χ3v) is 2.96. The van der Waals surface area contributed by atoms with Crippen molar-refractivity contribution < 1.29 is 0 Å². The quantitative estimate of drug-likeness (QED) is 0.601. The van der Waals surface area contributed by atoms with E-state index < -0.39 is 0 Å². The normalized spacial score (nSPS) is 13.5. The summed E-state index contributed by atoms with van der Waals surface area (Å²) in [4.78, 5) is 2.48. The molecule has 0 spiro atoms. The number of rotatable bonds is 6. The highest BCUT2D eigenvalue weighted by Crippen LogP contribution is 2.22. The van der Waals surface area contributed by atoms with Gasteiger partial charge in [0.15, 0.2) is 0 Å². The van der Waals surface area contributed by atoms with Gasteiger partial charge in [0.1, 0.15) is 0 Å². The molecule has 0 aromatic heterocycles. The smallest absolute Gasteiger partial charge is 0.00168 e. The van der Waals surface area contributed by atoms with Crippen LogP contribution in [-0.4, -0.2) is 25.0 Å². The molecule has 0 bridgehead atoms. The van der Waals surface area contributed by atoms with Crippen molar-refractivity contribution in [1.29, 1.82) is 0 Å². The van der Waals surface area contributed by atoms with E-state index in [9.17, 15) is 0 Å². The summed E-state index contributed by atoms with van der Waals surface area (Å²) < 4.78 is 0. The van der Waals surface area contributed by atoms with Gasteiger partial charge in [-0.1, -0.05) is 48.0 Å². The first kappa shape index (κ1) is 16.0. The first-order valence-electron chi connectivity index (χ1n) is 6.79. The predicted molar refractivity (Wildman–Crippen MR) is 74.9 cm³/mol. The van der Waals surface area contributed by atoms with Crippen molar-refractivity contribution in [2.24, 2.45) is 10.8 Å². The number of nitrogens with zero attached hydrogens (tertiary/aromatic N) is 1. The standard InChI is InChI=1S/C15H33N/c1-14(2,3)10-8-9-12-16(7)13-11-15(4,5)6/h8-13H2,1-7H3. The molecule has 0 aromatic carbocycles. The minimum absolute atomic E-state index is 0.472. The molecule has 0 N–H and O–H groups in total. The first-order chi connectivity index (χ1) is 7.10. The topological polar surface area (TPSA) is 3.24 Å². The second-order valence-corrected chi connectivity index (χ2v) is 7.63. The van der Waals surface area contributed by atoms with E-state index >= 15 is 0 Å². The van der Waals surface area contributed by atoms with Gasteiger partial charge in [0.25, 0.3) is 0 Å². The molecule has 98 valence electrons. The molecule has 0 unspecified atom stereocenters. The van der Waals surface area contributed by atoms with E-state index in [1.165, 1.54) is 38.8 Å². The van der Waals surface area contributed by atoms with Crippen LogP contribution in [0.15, 0.2) is 0 Å². The zero-order valence-electron chi connectivity index (χ0n) is 12.7. The van der Waals surface area contributed by atoms with Crippen LogP contribution in [0, 0.1) is 10.8 Å². The summed E-state index contributed by atoms with van der Waals surface area (Å²) in [5, 5.41) is 0. The van der Waals surface area contributed by atoms with E-state index in [-0.39, 0.29) is 0 Å². The maximum absolute atomic E-state index is 2.48. The average Bonchev–Trinajstić information content (AvgIpc) is 2.06. The Morgan fingerprint density at radius 1 is 0.688 bits per heavy atom. The van der Waals surface area contributed by atoms with Gasteiger partial charge < -0.3 is 4.90 Å². The van der Waals surface area contributed by atoms with Gasteiger partial charge >= 0.3 is 0 Å². The molecule has 16 heavy (non-hydrogen) atoms. The van der Waals surface area contributed by atoms with Crippen LogP contribution in [0.25, 0.3) is 0 Å². The van der Waals surface area contributed by atoms with E-state index in [2.05, 4.69) is 53.5 Å². The summed E-state index contributed by atoms with van der Waals surface area (Å²) in [6, 6.07) is 0. The number of unbranched alkanes of at least 4 members (excludes halogenated alkanes) is 1. The van der Waals surface area contributed by atoms with Crippen molar-refractivity contribution in [3.05, 3.63) is 0 Å². The van der Waals surface area contributed by atoms with E-state index in [1.807, 2.05) is 0 Å². The van der Waals surface area contributed by atoms with Crippen LogP contribution in [0.2, 0.25) is 0 Å². The van der Waals surface area contributed by atoms with Crippen LogP contribution in [0.4, 0.5) is 0 Å². The van der Waals surface area contributed by atoms with E-state index in [1.54, 1.807) is 0 Å². The highest BCUT2D eigenvalue weighted by atomic mass is 15.1. The van der Waals surface area contributed by atoms with Gasteiger partial charge in [-0.3, -0.25) is 0 Å². The Hall–Kier alpha value is -0.0400.